The van der Waals surface area contributed by atoms with Crippen molar-refractivity contribution in [2.24, 2.45) is 0 Å². The molecule has 0 amide bonds. The molecule has 2 N–H and O–H groups in total. The number of benzene rings is 2. The number of H-pyrrole nitrogens is 1. The molecule has 2 aliphatic rings. The van der Waals surface area contributed by atoms with Crippen LogP contribution in [0.4, 0.5) is 0 Å². The zero-order valence-electron chi connectivity index (χ0n) is 22.9. The number of aliphatic hydroxyl groups excluding tert-OH is 1. The highest BCUT2D eigenvalue weighted by Gasteiger charge is 2.30. The summed E-state index contributed by atoms with van der Waals surface area (Å²) < 4.78 is 5.37. The molecule has 1 aliphatic heterocycles. The Morgan fingerprint density at radius 2 is 1.54 bits per heavy atom. The molecule has 2 heterocycles. The lowest BCUT2D eigenvalue weighted by molar-refractivity contribution is 0.0697. The predicted octanol–water partition coefficient (Wildman–Crippen LogP) is 6.00. The molecule has 2 fully saturated rings. The summed E-state index contributed by atoms with van der Waals surface area (Å²) in [5, 5.41) is 11.0. The minimum atomic E-state index is -0.521. The van der Waals surface area contributed by atoms with Gasteiger partial charge in [-0.25, -0.2) is 4.98 Å². The van der Waals surface area contributed by atoms with E-state index in [4.69, 9.17) is 9.72 Å². The molecule has 39 heavy (non-hydrogen) atoms. The van der Waals surface area contributed by atoms with Crippen LogP contribution in [0.5, 0.6) is 5.75 Å². The van der Waals surface area contributed by atoms with E-state index in [1.807, 2.05) is 0 Å². The molecule has 5 rings (SSSR count). The van der Waals surface area contributed by atoms with Crippen LogP contribution in [-0.4, -0.2) is 71.3 Å². The van der Waals surface area contributed by atoms with E-state index >= 15 is 0 Å². The molecule has 2 unspecified atom stereocenters. The lowest BCUT2D eigenvalue weighted by atomic mass is 9.88. The van der Waals surface area contributed by atoms with E-state index in [9.17, 15) is 5.11 Å². The average molecular weight is 598 g/mol. The summed E-state index contributed by atoms with van der Waals surface area (Å²) in [7, 11) is 1.71. The van der Waals surface area contributed by atoms with Gasteiger partial charge in [0.15, 0.2) is 0 Å². The highest BCUT2D eigenvalue weighted by molar-refractivity contribution is 5.86. The fourth-order valence-electron chi connectivity index (χ4n) is 5.42. The number of ether oxygens (including phenoxy) is 1. The SMILES string of the molecule is CCc1[nH]c(C2CC2)nc1C(O)CN1CCN(CCC(c2ccccc2)c2ccc(OC)cc2)CC1.Cl.Cl.Cl. The van der Waals surface area contributed by atoms with Crippen LogP contribution in [0.2, 0.25) is 0 Å². The third-order valence-corrected chi connectivity index (χ3v) is 7.81. The van der Waals surface area contributed by atoms with Crippen molar-refractivity contribution >= 4 is 37.2 Å². The number of aromatic amines is 1. The number of aryl methyl sites for hydroxylation is 1. The van der Waals surface area contributed by atoms with E-state index < -0.39 is 6.10 Å². The van der Waals surface area contributed by atoms with Gasteiger partial charge in [0, 0.05) is 50.3 Å². The zero-order valence-corrected chi connectivity index (χ0v) is 25.4. The highest BCUT2D eigenvalue weighted by atomic mass is 35.5. The standard InChI is InChI=1S/C30H40N4O2.3ClH/c1-3-27-29(32-30(31-27)24-9-10-24)28(35)21-34-19-17-33(18-20-34)16-15-26(22-7-5-4-6-8-22)23-11-13-25(36-2)14-12-23;;;/h4-8,11-14,24,26,28,35H,3,9-10,15-21H2,1-2H3,(H,31,32);3*1H. The molecular weight excluding hydrogens is 555 g/mol. The molecule has 216 valence electrons. The molecule has 2 atom stereocenters. The van der Waals surface area contributed by atoms with Crippen LogP contribution in [0.1, 0.15) is 72.5 Å². The van der Waals surface area contributed by atoms with Gasteiger partial charge in [-0.05, 0) is 55.5 Å². The van der Waals surface area contributed by atoms with Gasteiger partial charge in [0.25, 0.3) is 0 Å². The van der Waals surface area contributed by atoms with Gasteiger partial charge >= 0.3 is 0 Å². The van der Waals surface area contributed by atoms with Crippen molar-refractivity contribution in [1.29, 1.82) is 0 Å². The first-order chi connectivity index (χ1) is 17.6. The normalized spacial score (nSPS) is 17.3. The Morgan fingerprint density at radius 1 is 0.923 bits per heavy atom. The number of imidazole rings is 1. The second-order valence-electron chi connectivity index (χ2n) is 10.3. The third-order valence-electron chi connectivity index (χ3n) is 7.81. The first-order valence-corrected chi connectivity index (χ1v) is 13.5. The molecule has 6 nitrogen and oxygen atoms in total. The number of nitrogens with zero attached hydrogens (tertiary/aromatic N) is 3. The average Bonchev–Trinajstić information content (AvgIpc) is 3.69. The molecule has 1 aliphatic carbocycles. The Kier molecular flexibility index (Phi) is 13.6. The van der Waals surface area contributed by atoms with Gasteiger partial charge in [0.05, 0.1) is 12.8 Å². The van der Waals surface area contributed by atoms with Crippen molar-refractivity contribution in [1.82, 2.24) is 19.8 Å². The number of hydrogen-bond acceptors (Lipinski definition) is 5. The number of halogens is 3. The molecule has 1 aromatic heterocycles. The Hall–Kier alpha value is -1.80. The van der Waals surface area contributed by atoms with Crippen LogP contribution in [0.15, 0.2) is 54.6 Å². The van der Waals surface area contributed by atoms with Crippen molar-refractivity contribution in [2.75, 3.05) is 46.4 Å². The Labute approximate surface area is 251 Å². The van der Waals surface area contributed by atoms with Gasteiger partial charge in [-0.2, -0.15) is 0 Å². The number of methoxy groups -OCH3 is 1. The van der Waals surface area contributed by atoms with Crippen molar-refractivity contribution in [3.8, 4) is 5.75 Å². The van der Waals surface area contributed by atoms with E-state index in [1.54, 1.807) is 7.11 Å². The lowest BCUT2D eigenvalue weighted by Gasteiger charge is -2.36. The van der Waals surface area contributed by atoms with Crippen LogP contribution in [0, 0.1) is 0 Å². The molecule has 2 aromatic carbocycles. The third kappa shape index (κ3) is 8.59. The fourth-order valence-corrected chi connectivity index (χ4v) is 5.42. The van der Waals surface area contributed by atoms with Crippen LogP contribution in [0.3, 0.4) is 0 Å². The van der Waals surface area contributed by atoms with Gasteiger partial charge < -0.3 is 19.7 Å². The maximum Gasteiger partial charge on any atom is 0.118 e. The number of nitrogens with one attached hydrogen (secondary N) is 1. The Balaban J connectivity index is 0.00000178. The van der Waals surface area contributed by atoms with Gasteiger partial charge in [-0.1, -0.05) is 49.4 Å². The minimum absolute atomic E-state index is 0. The number of rotatable bonds is 11. The predicted molar refractivity (Wildman–Crippen MR) is 165 cm³/mol. The van der Waals surface area contributed by atoms with Crippen LogP contribution in [-0.2, 0) is 6.42 Å². The monoisotopic (exact) mass is 596 g/mol. The fraction of sp³-hybridized carbons (Fsp3) is 0.500. The molecule has 9 heteroatoms. The Morgan fingerprint density at radius 3 is 2.13 bits per heavy atom. The molecule has 1 saturated carbocycles. The summed E-state index contributed by atoms with van der Waals surface area (Å²) in [6.07, 6.45) is 3.88. The van der Waals surface area contributed by atoms with E-state index in [0.29, 0.717) is 18.4 Å². The van der Waals surface area contributed by atoms with Crippen LogP contribution in [0.25, 0.3) is 0 Å². The summed E-state index contributed by atoms with van der Waals surface area (Å²) in [6.45, 7) is 7.89. The van der Waals surface area contributed by atoms with Gasteiger partial charge in [-0.3, -0.25) is 4.90 Å². The van der Waals surface area contributed by atoms with Crippen molar-refractivity contribution in [3.05, 3.63) is 82.9 Å². The number of β-amino-alcohol motifs (C(OH)–C–C–N with tert-alkyl or cyclic N) is 1. The summed E-state index contributed by atoms with van der Waals surface area (Å²) >= 11 is 0. The van der Waals surface area contributed by atoms with E-state index in [-0.39, 0.29) is 37.2 Å². The largest absolute Gasteiger partial charge is 0.497 e. The molecular formula is C30H43Cl3N4O2. The maximum absolute atomic E-state index is 11.0. The first-order valence-electron chi connectivity index (χ1n) is 13.5. The number of aliphatic hydroxyl groups is 1. The zero-order chi connectivity index (χ0) is 24.9. The van der Waals surface area contributed by atoms with Crippen LogP contribution < -0.4 is 4.74 Å². The van der Waals surface area contributed by atoms with Crippen molar-refractivity contribution in [2.45, 2.75) is 50.5 Å². The number of piperazine rings is 1. The second kappa shape index (κ2) is 15.8. The topological polar surface area (TPSA) is 64.6 Å². The van der Waals surface area contributed by atoms with E-state index in [2.05, 4.69) is 76.3 Å². The molecule has 0 spiro atoms. The minimum Gasteiger partial charge on any atom is -0.497 e. The highest BCUT2D eigenvalue weighted by Crippen LogP contribution is 2.39. The van der Waals surface area contributed by atoms with Gasteiger partial charge in [-0.15, -0.1) is 37.2 Å². The summed E-state index contributed by atoms with van der Waals surface area (Å²) in [4.78, 5) is 13.2. The summed E-state index contributed by atoms with van der Waals surface area (Å²) in [5.74, 6) is 2.92. The first kappa shape index (κ1) is 33.4. The molecule has 3 aromatic rings. The number of hydrogen-bond donors (Lipinski definition) is 2. The maximum atomic E-state index is 11.0. The van der Waals surface area contributed by atoms with Crippen molar-refractivity contribution in [3.63, 3.8) is 0 Å². The summed E-state index contributed by atoms with van der Waals surface area (Å²) in [5.41, 5.74) is 4.67. The second-order valence-corrected chi connectivity index (χ2v) is 10.3. The van der Waals surface area contributed by atoms with Gasteiger partial charge in [0.2, 0.25) is 0 Å². The van der Waals surface area contributed by atoms with Gasteiger partial charge in [0.1, 0.15) is 17.7 Å². The quantitative estimate of drug-likeness (QED) is 0.284. The lowest BCUT2D eigenvalue weighted by Crippen LogP contribution is -2.47. The smallest absolute Gasteiger partial charge is 0.118 e. The van der Waals surface area contributed by atoms with E-state index in [0.717, 1.165) is 68.5 Å². The molecule has 1 saturated heterocycles. The van der Waals surface area contributed by atoms with Crippen molar-refractivity contribution < 1.29 is 9.84 Å². The molecule has 0 radical (unpaired) electrons. The Bertz CT molecular complexity index is 1100. The number of aromatic nitrogens is 2. The van der Waals surface area contributed by atoms with E-state index in [1.165, 1.54) is 24.0 Å². The molecule has 0 bridgehead atoms. The summed E-state index contributed by atoms with van der Waals surface area (Å²) in [6, 6.07) is 19.3. The van der Waals surface area contributed by atoms with Crippen LogP contribution >= 0.6 is 37.2 Å².